The van der Waals surface area contributed by atoms with Crippen LogP contribution in [0.3, 0.4) is 0 Å². The summed E-state index contributed by atoms with van der Waals surface area (Å²) < 4.78 is 5.06. The highest BCUT2D eigenvalue weighted by Crippen LogP contribution is 2.18. The Hall–Kier alpha value is -3.16. The molecule has 1 aromatic carbocycles. The molecule has 1 N–H and O–H groups in total. The molecule has 114 valence electrons. The smallest absolute Gasteiger partial charge is 0.348 e. The van der Waals surface area contributed by atoms with Gasteiger partial charge < -0.3 is 14.7 Å². The van der Waals surface area contributed by atoms with Gasteiger partial charge in [0.05, 0.1) is 0 Å². The fourth-order valence-electron chi connectivity index (χ4n) is 1.67. The Labute approximate surface area is 125 Å². The van der Waals surface area contributed by atoms with Crippen LogP contribution >= 0.6 is 0 Å². The summed E-state index contributed by atoms with van der Waals surface area (Å²) in [4.78, 5) is 30.2. The van der Waals surface area contributed by atoms with Gasteiger partial charge in [-0.1, -0.05) is 18.2 Å². The maximum atomic E-state index is 11.9. The van der Waals surface area contributed by atoms with E-state index in [0.29, 0.717) is 5.69 Å². The molecule has 22 heavy (non-hydrogen) atoms. The number of nitrogens with zero attached hydrogens (tertiary/aromatic N) is 2. The van der Waals surface area contributed by atoms with Crippen LogP contribution in [-0.2, 0) is 11.3 Å². The predicted molar refractivity (Wildman–Crippen MR) is 74.0 cm³/mol. The molecular weight excluding hydrogens is 292 g/mol. The first kappa shape index (κ1) is 15.2. The minimum absolute atomic E-state index is 0.0198. The van der Waals surface area contributed by atoms with Crippen LogP contribution in [0.5, 0.6) is 11.6 Å². The van der Waals surface area contributed by atoms with E-state index >= 15 is 0 Å². The van der Waals surface area contributed by atoms with Crippen LogP contribution in [0.4, 0.5) is 0 Å². The van der Waals surface area contributed by atoms with Crippen molar-refractivity contribution in [1.82, 2.24) is 4.98 Å². The quantitative estimate of drug-likeness (QED) is 0.491. The lowest BCUT2D eigenvalue weighted by Crippen LogP contribution is -2.11. The number of aromatic nitrogens is 1. The zero-order chi connectivity index (χ0) is 15.9. The molecule has 8 heteroatoms. The maximum absolute atomic E-state index is 11.9. The van der Waals surface area contributed by atoms with Crippen LogP contribution < -0.4 is 4.74 Å². The van der Waals surface area contributed by atoms with Crippen molar-refractivity contribution in [2.45, 2.75) is 6.42 Å². The standard InChI is InChI=1S/C14H12N2O6/c17-12-6-2-1-5-11(12)14(18)22-13-7-3-4-10(15-13)8-9-21-16(19)20/h1-7,17H,8-9H2. The molecule has 0 saturated carbocycles. The van der Waals surface area contributed by atoms with Crippen molar-refractivity contribution in [2.75, 3.05) is 6.61 Å². The van der Waals surface area contributed by atoms with E-state index in [9.17, 15) is 20.0 Å². The van der Waals surface area contributed by atoms with E-state index in [-0.39, 0.29) is 30.2 Å². The minimum Gasteiger partial charge on any atom is -0.507 e. The maximum Gasteiger partial charge on any atom is 0.348 e. The third-order valence-electron chi connectivity index (χ3n) is 2.66. The average Bonchev–Trinajstić information content (AvgIpc) is 2.47. The largest absolute Gasteiger partial charge is 0.507 e. The second kappa shape index (κ2) is 7.02. The Morgan fingerprint density at radius 2 is 2.00 bits per heavy atom. The molecule has 0 aliphatic rings. The van der Waals surface area contributed by atoms with Crippen molar-refractivity contribution in [2.24, 2.45) is 0 Å². The lowest BCUT2D eigenvalue weighted by Gasteiger charge is -2.06. The van der Waals surface area contributed by atoms with Gasteiger partial charge in [0.15, 0.2) is 0 Å². The molecule has 8 nitrogen and oxygen atoms in total. The SMILES string of the molecule is O=C(Oc1cccc(CCO[N+](=O)[O-])n1)c1ccccc1O. The Balaban J connectivity index is 2.02. The topological polar surface area (TPSA) is 112 Å². The summed E-state index contributed by atoms with van der Waals surface area (Å²) in [6.07, 6.45) is 0.197. The molecule has 0 aliphatic carbocycles. The Kier molecular flexibility index (Phi) is 4.86. The van der Waals surface area contributed by atoms with Gasteiger partial charge in [0.2, 0.25) is 5.88 Å². The number of rotatable bonds is 6. The van der Waals surface area contributed by atoms with Gasteiger partial charge in [-0.3, -0.25) is 0 Å². The van der Waals surface area contributed by atoms with Crippen molar-refractivity contribution in [3.63, 3.8) is 0 Å². The second-order valence-corrected chi connectivity index (χ2v) is 4.18. The molecule has 0 spiro atoms. The number of hydrogen-bond donors (Lipinski definition) is 1. The van der Waals surface area contributed by atoms with Gasteiger partial charge in [-0.25, -0.2) is 9.78 Å². The lowest BCUT2D eigenvalue weighted by molar-refractivity contribution is -0.757. The van der Waals surface area contributed by atoms with Crippen molar-refractivity contribution >= 4 is 5.97 Å². The lowest BCUT2D eigenvalue weighted by atomic mass is 10.2. The zero-order valence-corrected chi connectivity index (χ0v) is 11.3. The molecule has 1 aromatic heterocycles. The molecule has 0 saturated heterocycles. The number of benzene rings is 1. The summed E-state index contributed by atoms with van der Waals surface area (Å²) in [7, 11) is 0. The first-order valence-electron chi connectivity index (χ1n) is 6.29. The summed E-state index contributed by atoms with van der Waals surface area (Å²) in [6.45, 7) is -0.142. The van der Waals surface area contributed by atoms with Crippen molar-refractivity contribution in [3.8, 4) is 11.6 Å². The molecule has 0 bridgehead atoms. The number of ether oxygens (including phenoxy) is 1. The number of para-hydroxylation sites is 1. The van der Waals surface area contributed by atoms with E-state index < -0.39 is 11.1 Å². The Morgan fingerprint density at radius 1 is 1.23 bits per heavy atom. The van der Waals surface area contributed by atoms with E-state index in [1.54, 1.807) is 24.3 Å². The summed E-state index contributed by atoms with van der Waals surface area (Å²) in [5, 5.41) is 18.8. The van der Waals surface area contributed by atoms with E-state index in [1.165, 1.54) is 18.2 Å². The number of carbonyl (C=O) groups is 1. The molecule has 0 radical (unpaired) electrons. The van der Waals surface area contributed by atoms with Gasteiger partial charge in [0.25, 0.3) is 5.09 Å². The molecule has 0 unspecified atom stereocenters. The van der Waals surface area contributed by atoms with Gasteiger partial charge in [0, 0.05) is 18.2 Å². The first-order valence-corrected chi connectivity index (χ1v) is 6.29. The number of hydrogen-bond acceptors (Lipinski definition) is 7. The van der Waals surface area contributed by atoms with Crippen LogP contribution in [0.2, 0.25) is 0 Å². The van der Waals surface area contributed by atoms with Gasteiger partial charge in [0.1, 0.15) is 17.9 Å². The van der Waals surface area contributed by atoms with Gasteiger partial charge in [-0.2, -0.15) is 0 Å². The van der Waals surface area contributed by atoms with Gasteiger partial charge >= 0.3 is 5.97 Å². The van der Waals surface area contributed by atoms with E-state index in [4.69, 9.17) is 4.74 Å². The Bertz CT molecular complexity index is 689. The summed E-state index contributed by atoms with van der Waals surface area (Å²) in [6, 6.07) is 10.7. The fourth-order valence-corrected chi connectivity index (χ4v) is 1.67. The van der Waals surface area contributed by atoms with Gasteiger partial charge in [-0.05, 0) is 18.2 Å². The highest BCUT2D eigenvalue weighted by molar-refractivity contribution is 5.93. The number of carbonyl (C=O) groups excluding carboxylic acids is 1. The third kappa shape index (κ3) is 4.17. The number of pyridine rings is 1. The van der Waals surface area contributed by atoms with Crippen molar-refractivity contribution in [3.05, 3.63) is 63.8 Å². The highest BCUT2D eigenvalue weighted by Gasteiger charge is 2.13. The van der Waals surface area contributed by atoms with Crippen LogP contribution in [0.1, 0.15) is 16.1 Å². The van der Waals surface area contributed by atoms with Crippen LogP contribution in [0.15, 0.2) is 42.5 Å². The summed E-state index contributed by atoms with van der Waals surface area (Å²) in [5.74, 6) is -0.904. The van der Waals surface area contributed by atoms with E-state index in [0.717, 1.165) is 0 Å². The van der Waals surface area contributed by atoms with Crippen LogP contribution in [0, 0.1) is 10.1 Å². The molecular formula is C14H12N2O6. The summed E-state index contributed by atoms with van der Waals surface area (Å²) >= 11 is 0. The first-order chi connectivity index (χ1) is 10.6. The minimum atomic E-state index is -0.887. The number of phenolic OH excluding ortho intramolecular Hbond substituents is 1. The van der Waals surface area contributed by atoms with E-state index in [2.05, 4.69) is 9.82 Å². The average molecular weight is 304 g/mol. The number of esters is 1. The summed E-state index contributed by atoms with van der Waals surface area (Å²) in [5.41, 5.74) is 0.496. The van der Waals surface area contributed by atoms with Crippen LogP contribution in [-0.4, -0.2) is 27.8 Å². The fraction of sp³-hybridized carbons (Fsp3) is 0.143. The Morgan fingerprint density at radius 3 is 2.73 bits per heavy atom. The molecule has 1 heterocycles. The van der Waals surface area contributed by atoms with E-state index in [1.807, 2.05) is 0 Å². The van der Waals surface area contributed by atoms with Crippen LogP contribution in [0.25, 0.3) is 0 Å². The highest BCUT2D eigenvalue weighted by atomic mass is 16.9. The number of phenols is 1. The predicted octanol–water partition coefficient (Wildman–Crippen LogP) is 1.76. The third-order valence-corrected chi connectivity index (χ3v) is 2.66. The molecule has 0 amide bonds. The molecule has 0 atom stereocenters. The molecule has 2 rings (SSSR count). The van der Waals surface area contributed by atoms with Crippen molar-refractivity contribution < 1.29 is 24.6 Å². The second-order valence-electron chi connectivity index (χ2n) is 4.18. The number of aromatic hydroxyl groups is 1. The molecule has 0 fully saturated rings. The van der Waals surface area contributed by atoms with Crippen molar-refractivity contribution in [1.29, 1.82) is 0 Å². The monoisotopic (exact) mass is 304 g/mol. The normalized spacial score (nSPS) is 10.0. The zero-order valence-electron chi connectivity index (χ0n) is 11.3. The molecule has 0 aliphatic heterocycles. The molecule has 2 aromatic rings. The van der Waals surface area contributed by atoms with Gasteiger partial charge in [-0.15, -0.1) is 10.1 Å².